The predicted molar refractivity (Wildman–Crippen MR) is 99.3 cm³/mol. The first kappa shape index (κ1) is 19.7. The number of carbonyl (C=O) groups excluding carboxylic acids is 1. The smallest absolute Gasteiger partial charge is 0.380 e. The van der Waals surface area contributed by atoms with E-state index in [-0.39, 0.29) is 30.3 Å². The highest BCUT2D eigenvalue weighted by Gasteiger charge is 2.30. The van der Waals surface area contributed by atoms with E-state index in [0.717, 1.165) is 12.1 Å². The summed E-state index contributed by atoms with van der Waals surface area (Å²) in [7, 11) is 0. The van der Waals surface area contributed by atoms with Crippen molar-refractivity contribution in [2.24, 2.45) is 0 Å². The van der Waals surface area contributed by atoms with Gasteiger partial charge in [0, 0.05) is 24.8 Å². The quantitative estimate of drug-likeness (QED) is 0.741. The lowest BCUT2D eigenvalue weighted by molar-refractivity contribution is -0.137. The molecule has 0 saturated heterocycles. The summed E-state index contributed by atoms with van der Waals surface area (Å²) in [5.41, 5.74) is 0.742. The molecule has 1 aromatic carbocycles. The van der Waals surface area contributed by atoms with Crippen LogP contribution in [0.3, 0.4) is 0 Å². The Hall–Kier alpha value is -3.04. The van der Waals surface area contributed by atoms with Gasteiger partial charge >= 0.3 is 12.2 Å². The van der Waals surface area contributed by atoms with Gasteiger partial charge in [-0.05, 0) is 32.0 Å². The summed E-state index contributed by atoms with van der Waals surface area (Å²) in [6, 6.07) is 4.62. The lowest BCUT2D eigenvalue weighted by Crippen LogP contribution is -2.43. The van der Waals surface area contributed by atoms with Crippen molar-refractivity contribution >= 4 is 23.4 Å². The number of nitrogens with one attached hydrogen (secondary N) is 3. The third-order valence-electron chi connectivity index (χ3n) is 4.05. The van der Waals surface area contributed by atoms with E-state index < -0.39 is 11.7 Å². The molecule has 1 aliphatic heterocycles. The second kappa shape index (κ2) is 7.91. The molecule has 3 N–H and O–H groups in total. The van der Waals surface area contributed by atoms with E-state index in [2.05, 4.69) is 25.9 Å². The number of hydrogen-bond acceptors (Lipinski definition) is 5. The predicted octanol–water partition coefficient (Wildman–Crippen LogP) is 3.58. The number of fused-ring (bicyclic) bond motifs is 1. The van der Waals surface area contributed by atoms with Crippen molar-refractivity contribution in [3.63, 3.8) is 0 Å². The summed E-state index contributed by atoms with van der Waals surface area (Å²) in [4.78, 5) is 22.5. The number of hydrogen-bond donors (Lipinski definition) is 3. The van der Waals surface area contributed by atoms with Crippen molar-refractivity contribution in [2.45, 2.75) is 32.6 Å². The van der Waals surface area contributed by atoms with Crippen molar-refractivity contribution in [3.05, 3.63) is 41.7 Å². The Morgan fingerprint density at radius 2 is 2.11 bits per heavy atom. The zero-order valence-electron chi connectivity index (χ0n) is 15.5. The van der Waals surface area contributed by atoms with E-state index in [9.17, 15) is 18.0 Å². The van der Waals surface area contributed by atoms with Gasteiger partial charge in [0.2, 0.25) is 5.95 Å². The van der Waals surface area contributed by atoms with Gasteiger partial charge in [0.05, 0.1) is 29.7 Å². The average Bonchev–Trinajstić information content (AvgIpc) is 2.83. The van der Waals surface area contributed by atoms with Gasteiger partial charge in [-0.3, -0.25) is 0 Å². The normalized spacial score (nSPS) is 14.1. The summed E-state index contributed by atoms with van der Waals surface area (Å²) >= 11 is 0. The molecule has 3 rings (SSSR count). The molecular weight excluding hydrogens is 373 g/mol. The van der Waals surface area contributed by atoms with Crippen molar-refractivity contribution in [3.8, 4) is 0 Å². The second-order valence-corrected chi connectivity index (χ2v) is 6.71. The molecule has 150 valence electrons. The van der Waals surface area contributed by atoms with Gasteiger partial charge in [-0.1, -0.05) is 6.07 Å². The molecule has 10 heteroatoms. The molecule has 0 aliphatic carbocycles. The number of alkyl halides is 3. The summed E-state index contributed by atoms with van der Waals surface area (Å²) < 4.78 is 38.6. The third kappa shape index (κ3) is 4.81. The first-order chi connectivity index (χ1) is 13.2. The van der Waals surface area contributed by atoms with Crippen LogP contribution < -0.4 is 16.0 Å². The number of halogens is 3. The maximum Gasteiger partial charge on any atom is 0.416 e. The molecule has 2 aromatic rings. The van der Waals surface area contributed by atoms with Gasteiger partial charge < -0.3 is 20.9 Å². The first-order valence-electron chi connectivity index (χ1n) is 8.82. The van der Waals surface area contributed by atoms with Crippen molar-refractivity contribution in [1.29, 1.82) is 0 Å². The molecule has 0 saturated carbocycles. The summed E-state index contributed by atoms with van der Waals surface area (Å²) in [6.07, 6.45) is -2.87. The molecule has 0 unspecified atom stereocenters. The monoisotopic (exact) mass is 394 g/mol. The molecule has 0 spiro atoms. The number of benzene rings is 1. The number of anilines is 3. The Labute approximate surface area is 160 Å². The van der Waals surface area contributed by atoms with Crippen LogP contribution in [0, 0.1) is 0 Å². The lowest BCUT2D eigenvalue weighted by atomic mass is 10.2. The zero-order valence-corrected chi connectivity index (χ0v) is 15.5. The molecule has 0 fully saturated rings. The summed E-state index contributed by atoms with van der Waals surface area (Å²) in [5.74, 6) is 0.158. The lowest BCUT2D eigenvalue weighted by Gasteiger charge is -2.22. The SMILES string of the molecule is CC(C)NC(=O)N1CCNc2cnc(Nc3cccc(C(F)(F)F)c3)nc2C1. The number of carbonyl (C=O) groups is 1. The summed E-state index contributed by atoms with van der Waals surface area (Å²) in [5, 5.41) is 8.79. The highest BCUT2D eigenvalue weighted by atomic mass is 19.4. The highest BCUT2D eigenvalue weighted by molar-refractivity contribution is 5.75. The van der Waals surface area contributed by atoms with E-state index in [1.165, 1.54) is 12.1 Å². The molecule has 2 amide bonds. The fraction of sp³-hybridized carbons (Fsp3) is 0.389. The average molecular weight is 394 g/mol. The first-order valence-corrected chi connectivity index (χ1v) is 8.82. The number of amides is 2. The van der Waals surface area contributed by atoms with Crippen LogP contribution in [-0.4, -0.2) is 40.0 Å². The molecule has 2 heterocycles. The van der Waals surface area contributed by atoms with Gasteiger partial charge in [-0.15, -0.1) is 0 Å². The van der Waals surface area contributed by atoms with Gasteiger partial charge in [0.25, 0.3) is 0 Å². The molecule has 28 heavy (non-hydrogen) atoms. The van der Waals surface area contributed by atoms with E-state index >= 15 is 0 Å². The number of aromatic nitrogens is 2. The maximum absolute atomic E-state index is 12.9. The summed E-state index contributed by atoms with van der Waals surface area (Å²) in [6.45, 7) is 5.05. The van der Waals surface area contributed by atoms with E-state index in [0.29, 0.717) is 24.5 Å². The van der Waals surface area contributed by atoms with Crippen LogP contribution in [0.15, 0.2) is 30.5 Å². The van der Waals surface area contributed by atoms with Crippen LogP contribution >= 0.6 is 0 Å². The van der Waals surface area contributed by atoms with Crippen molar-refractivity contribution in [1.82, 2.24) is 20.2 Å². The molecule has 0 radical (unpaired) electrons. The number of rotatable bonds is 3. The Morgan fingerprint density at radius 1 is 1.32 bits per heavy atom. The van der Waals surface area contributed by atoms with Crippen LogP contribution in [0.2, 0.25) is 0 Å². The standard InChI is InChI=1S/C18H21F3N6O/c1-11(2)24-17(28)27-7-6-22-14-9-23-16(26-15(14)10-27)25-13-5-3-4-12(8-13)18(19,20)21/h3-5,8-9,11,22H,6-7,10H2,1-2H3,(H,24,28)(H,23,25,26). The largest absolute Gasteiger partial charge is 0.416 e. The Balaban J connectivity index is 1.79. The number of nitrogens with zero attached hydrogens (tertiary/aromatic N) is 3. The molecule has 0 bridgehead atoms. The Kier molecular flexibility index (Phi) is 5.57. The van der Waals surface area contributed by atoms with Crippen LogP contribution in [0.5, 0.6) is 0 Å². The minimum Gasteiger partial charge on any atom is -0.380 e. The van der Waals surface area contributed by atoms with E-state index in [1.807, 2.05) is 13.8 Å². The van der Waals surface area contributed by atoms with Crippen LogP contribution in [0.1, 0.15) is 25.1 Å². The number of urea groups is 1. The Bertz CT molecular complexity index is 855. The van der Waals surface area contributed by atoms with Crippen molar-refractivity contribution in [2.75, 3.05) is 23.7 Å². The minimum atomic E-state index is -4.43. The van der Waals surface area contributed by atoms with Crippen LogP contribution in [0.4, 0.5) is 35.3 Å². The molecule has 1 aliphatic rings. The molecule has 1 aromatic heterocycles. The second-order valence-electron chi connectivity index (χ2n) is 6.71. The third-order valence-corrected chi connectivity index (χ3v) is 4.05. The molecule has 0 atom stereocenters. The van der Waals surface area contributed by atoms with Gasteiger partial charge in [0.1, 0.15) is 0 Å². The van der Waals surface area contributed by atoms with Crippen LogP contribution in [-0.2, 0) is 12.7 Å². The van der Waals surface area contributed by atoms with Gasteiger partial charge in [-0.25, -0.2) is 14.8 Å². The molecule has 7 nitrogen and oxygen atoms in total. The fourth-order valence-corrected chi connectivity index (χ4v) is 2.74. The topological polar surface area (TPSA) is 82.2 Å². The van der Waals surface area contributed by atoms with E-state index in [4.69, 9.17) is 0 Å². The van der Waals surface area contributed by atoms with Gasteiger partial charge in [-0.2, -0.15) is 13.2 Å². The minimum absolute atomic E-state index is 0.00622. The maximum atomic E-state index is 12.9. The highest BCUT2D eigenvalue weighted by Crippen LogP contribution is 2.31. The van der Waals surface area contributed by atoms with Crippen molar-refractivity contribution < 1.29 is 18.0 Å². The molecular formula is C18H21F3N6O. The Morgan fingerprint density at radius 3 is 2.82 bits per heavy atom. The van der Waals surface area contributed by atoms with Crippen LogP contribution in [0.25, 0.3) is 0 Å². The fourth-order valence-electron chi connectivity index (χ4n) is 2.74. The van der Waals surface area contributed by atoms with E-state index in [1.54, 1.807) is 11.1 Å². The zero-order chi connectivity index (χ0) is 20.3. The van der Waals surface area contributed by atoms with Gasteiger partial charge in [0.15, 0.2) is 0 Å².